The van der Waals surface area contributed by atoms with Crippen molar-refractivity contribution in [3.63, 3.8) is 0 Å². The third-order valence-corrected chi connectivity index (χ3v) is 2.82. The predicted molar refractivity (Wildman–Crippen MR) is 56.2 cm³/mol. The summed E-state index contributed by atoms with van der Waals surface area (Å²) in [6.45, 7) is 11.2. The molecule has 0 aliphatic heterocycles. The molecule has 0 aliphatic rings. The molecule has 0 amide bonds. The molecule has 0 aromatic carbocycles. The van der Waals surface area contributed by atoms with Gasteiger partial charge in [0.05, 0.1) is 0 Å². The van der Waals surface area contributed by atoms with Gasteiger partial charge in [-0.25, -0.2) is 0 Å². The van der Waals surface area contributed by atoms with Gasteiger partial charge in [0.15, 0.2) is 0 Å². The Morgan fingerprint density at radius 2 is 1.55 bits per heavy atom. The van der Waals surface area contributed by atoms with Gasteiger partial charge in [0.1, 0.15) is 0 Å². The molecule has 0 aromatic rings. The largest absolute Gasteiger partial charge is 0.0880 e. The van der Waals surface area contributed by atoms with E-state index in [4.69, 9.17) is 0 Å². The van der Waals surface area contributed by atoms with E-state index in [-0.39, 0.29) is 0 Å². The van der Waals surface area contributed by atoms with Gasteiger partial charge in [0.25, 0.3) is 0 Å². The molecule has 0 unspecified atom stereocenters. The average molecular weight is 219 g/mol. The highest BCUT2D eigenvalue weighted by molar-refractivity contribution is 9.09. The zero-order valence-electron chi connectivity index (χ0n) is 8.24. The lowest BCUT2D eigenvalue weighted by Gasteiger charge is -2.15. The first-order valence-electron chi connectivity index (χ1n) is 4.26. The second kappa shape index (κ2) is 4.97. The molecule has 0 atom stereocenters. The Morgan fingerprint density at radius 3 is 1.64 bits per heavy atom. The maximum Gasteiger partial charge on any atom is 0.0247 e. The van der Waals surface area contributed by atoms with Crippen molar-refractivity contribution in [3.05, 3.63) is 11.1 Å². The Kier molecular flexibility index (Phi) is 5.07. The van der Waals surface area contributed by atoms with Crippen LogP contribution in [0.1, 0.15) is 34.6 Å². The first-order chi connectivity index (χ1) is 5.00. The van der Waals surface area contributed by atoms with Gasteiger partial charge in [-0.05, 0) is 18.8 Å². The molecule has 0 radical (unpaired) electrons. The van der Waals surface area contributed by atoms with Gasteiger partial charge in [0.2, 0.25) is 0 Å². The fourth-order valence-corrected chi connectivity index (χ4v) is 2.18. The molecule has 0 aromatic heterocycles. The Labute approximate surface area is 79.2 Å². The summed E-state index contributed by atoms with van der Waals surface area (Å²) >= 11 is 3.53. The van der Waals surface area contributed by atoms with E-state index in [0.717, 1.165) is 5.33 Å². The fraction of sp³-hybridized carbons (Fsp3) is 0.800. The van der Waals surface area contributed by atoms with Crippen LogP contribution in [0.3, 0.4) is 0 Å². The zero-order chi connectivity index (χ0) is 9.02. The number of halogens is 1. The Morgan fingerprint density at radius 1 is 1.09 bits per heavy atom. The van der Waals surface area contributed by atoms with E-state index >= 15 is 0 Å². The molecule has 0 saturated heterocycles. The molecule has 0 bridgehead atoms. The van der Waals surface area contributed by atoms with E-state index in [9.17, 15) is 0 Å². The molecule has 0 aliphatic carbocycles. The Balaban J connectivity index is 4.54. The van der Waals surface area contributed by atoms with Crippen molar-refractivity contribution in [3.8, 4) is 0 Å². The molecule has 0 spiro atoms. The van der Waals surface area contributed by atoms with E-state index in [1.807, 2.05) is 0 Å². The molecule has 66 valence electrons. The smallest absolute Gasteiger partial charge is 0.0247 e. The standard InChI is InChI=1S/C10H19Br/c1-7(2)9(5)10(6-11)8(3)4/h7-8H,6H2,1-5H3/b10-9-. The summed E-state index contributed by atoms with van der Waals surface area (Å²) in [5, 5.41) is 1.02. The minimum absolute atomic E-state index is 0.678. The molecule has 0 fully saturated rings. The molecule has 1 heteroatoms. The highest BCUT2D eigenvalue weighted by atomic mass is 79.9. The Hall–Kier alpha value is 0.220. The lowest BCUT2D eigenvalue weighted by molar-refractivity contribution is 0.695. The summed E-state index contributed by atoms with van der Waals surface area (Å²) in [5.74, 6) is 1.36. The van der Waals surface area contributed by atoms with Crippen molar-refractivity contribution in [2.24, 2.45) is 11.8 Å². The van der Waals surface area contributed by atoms with Crippen LogP contribution in [0.5, 0.6) is 0 Å². The van der Waals surface area contributed by atoms with Crippen LogP contribution in [0.2, 0.25) is 0 Å². The second-order valence-electron chi connectivity index (χ2n) is 3.65. The maximum atomic E-state index is 3.53. The van der Waals surface area contributed by atoms with Gasteiger partial charge in [-0.3, -0.25) is 0 Å². The normalized spacial score (nSPS) is 14.2. The van der Waals surface area contributed by atoms with Crippen LogP contribution in [0.15, 0.2) is 11.1 Å². The third kappa shape index (κ3) is 3.42. The van der Waals surface area contributed by atoms with Crippen LogP contribution in [0, 0.1) is 11.8 Å². The van der Waals surface area contributed by atoms with E-state index < -0.39 is 0 Å². The van der Waals surface area contributed by atoms with E-state index in [1.165, 1.54) is 5.57 Å². The van der Waals surface area contributed by atoms with Gasteiger partial charge in [0, 0.05) is 5.33 Å². The number of allylic oxidation sites excluding steroid dienone is 2. The quantitative estimate of drug-likeness (QED) is 0.497. The predicted octanol–water partition coefficient (Wildman–Crippen LogP) is 4.01. The summed E-state index contributed by atoms with van der Waals surface area (Å²) in [6, 6.07) is 0. The van der Waals surface area contributed by atoms with Crippen molar-refractivity contribution >= 4 is 15.9 Å². The Bertz CT molecular complexity index is 143. The first kappa shape index (κ1) is 11.2. The fourth-order valence-electron chi connectivity index (χ4n) is 1.09. The van der Waals surface area contributed by atoms with Crippen LogP contribution >= 0.6 is 15.9 Å². The summed E-state index contributed by atoms with van der Waals surface area (Å²) in [6.07, 6.45) is 0. The highest BCUT2D eigenvalue weighted by Crippen LogP contribution is 2.22. The third-order valence-electron chi connectivity index (χ3n) is 2.21. The van der Waals surface area contributed by atoms with E-state index in [1.54, 1.807) is 5.57 Å². The van der Waals surface area contributed by atoms with Crippen LogP contribution in [0.25, 0.3) is 0 Å². The molecular weight excluding hydrogens is 200 g/mol. The zero-order valence-corrected chi connectivity index (χ0v) is 9.83. The molecule has 0 saturated carbocycles. The SMILES string of the molecule is C/C(=C(\CBr)C(C)C)C(C)C. The van der Waals surface area contributed by atoms with Gasteiger partial charge < -0.3 is 0 Å². The van der Waals surface area contributed by atoms with Crippen molar-refractivity contribution in [1.29, 1.82) is 0 Å². The topological polar surface area (TPSA) is 0 Å². The summed E-state index contributed by atoms with van der Waals surface area (Å²) in [5.41, 5.74) is 3.09. The summed E-state index contributed by atoms with van der Waals surface area (Å²) < 4.78 is 0. The average Bonchev–Trinajstić information content (AvgIpc) is 1.88. The van der Waals surface area contributed by atoms with Gasteiger partial charge in [-0.2, -0.15) is 0 Å². The van der Waals surface area contributed by atoms with E-state index in [2.05, 4.69) is 50.5 Å². The van der Waals surface area contributed by atoms with Gasteiger partial charge in [-0.15, -0.1) is 0 Å². The minimum Gasteiger partial charge on any atom is -0.0880 e. The number of hydrogen-bond donors (Lipinski definition) is 0. The molecule has 0 N–H and O–H groups in total. The van der Waals surface area contributed by atoms with Crippen LogP contribution < -0.4 is 0 Å². The maximum absolute atomic E-state index is 3.53. The molecule has 0 nitrogen and oxygen atoms in total. The second-order valence-corrected chi connectivity index (χ2v) is 4.21. The number of hydrogen-bond acceptors (Lipinski definition) is 0. The molecule has 11 heavy (non-hydrogen) atoms. The number of rotatable bonds is 3. The molecular formula is C10H19Br. The van der Waals surface area contributed by atoms with Crippen molar-refractivity contribution in [1.82, 2.24) is 0 Å². The van der Waals surface area contributed by atoms with E-state index in [0.29, 0.717) is 11.8 Å². The first-order valence-corrected chi connectivity index (χ1v) is 5.38. The van der Waals surface area contributed by atoms with Crippen LogP contribution in [-0.4, -0.2) is 5.33 Å². The summed E-state index contributed by atoms with van der Waals surface area (Å²) in [7, 11) is 0. The van der Waals surface area contributed by atoms with Crippen LogP contribution in [-0.2, 0) is 0 Å². The van der Waals surface area contributed by atoms with Crippen molar-refractivity contribution in [2.75, 3.05) is 5.33 Å². The van der Waals surface area contributed by atoms with Crippen LogP contribution in [0.4, 0.5) is 0 Å². The highest BCUT2D eigenvalue weighted by Gasteiger charge is 2.07. The van der Waals surface area contributed by atoms with Gasteiger partial charge in [-0.1, -0.05) is 54.8 Å². The lowest BCUT2D eigenvalue weighted by atomic mass is 9.93. The molecule has 0 heterocycles. The van der Waals surface area contributed by atoms with Crippen molar-refractivity contribution < 1.29 is 0 Å². The number of alkyl halides is 1. The molecule has 0 rings (SSSR count). The summed E-state index contributed by atoms with van der Waals surface area (Å²) in [4.78, 5) is 0. The minimum atomic E-state index is 0.678. The van der Waals surface area contributed by atoms with Gasteiger partial charge >= 0.3 is 0 Å². The monoisotopic (exact) mass is 218 g/mol. The lowest BCUT2D eigenvalue weighted by Crippen LogP contribution is -2.03. The van der Waals surface area contributed by atoms with Crippen molar-refractivity contribution in [2.45, 2.75) is 34.6 Å².